The molecule has 2 rings (SSSR count). The van der Waals surface area contributed by atoms with Gasteiger partial charge in [-0.1, -0.05) is 13.8 Å². The van der Waals surface area contributed by atoms with Crippen LogP contribution >= 0.6 is 0 Å². The van der Waals surface area contributed by atoms with Gasteiger partial charge in [-0.3, -0.25) is 19.7 Å². The topological polar surface area (TPSA) is 82.9 Å². The van der Waals surface area contributed by atoms with Gasteiger partial charge in [-0.15, -0.1) is 0 Å². The number of aromatic carboxylic acids is 1. The van der Waals surface area contributed by atoms with E-state index in [-0.39, 0.29) is 23.1 Å². The van der Waals surface area contributed by atoms with E-state index in [1.165, 1.54) is 17.2 Å². The molecule has 1 aromatic heterocycles. The minimum absolute atomic E-state index is 0.0466. The van der Waals surface area contributed by atoms with Gasteiger partial charge in [-0.2, -0.15) is 0 Å². The summed E-state index contributed by atoms with van der Waals surface area (Å²) in [6.07, 6.45) is 1.49. The Morgan fingerprint density at radius 1 is 1.47 bits per heavy atom. The molecule has 1 aliphatic rings. The van der Waals surface area contributed by atoms with Crippen molar-refractivity contribution >= 4 is 17.7 Å². The number of carboxylic acids is 1. The van der Waals surface area contributed by atoms with Gasteiger partial charge in [-0.05, 0) is 18.1 Å². The number of rotatable bonds is 3. The number of nitrogens with zero attached hydrogens (tertiary/aromatic N) is 3. The molecule has 1 N–H and O–H groups in total. The van der Waals surface area contributed by atoms with Crippen molar-refractivity contribution in [2.75, 3.05) is 7.05 Å². The molecule has 19 heavy (non-hydrogen) atoms. The molecule has 0 aromatic carbocycles. The maximum atomic E-state index is 12.0. The maximum absolute atomic E-state index is 12.0. The molecule has 6 heteroatoms. The average Bonchev–Trinajstić information content (AvgIpc) is 2.66. The first kappa shape index (κ1) is 13.2. The molecule has 0 radical (unpaired) electrons. The van der Waals surface area contributed by atoms with Crippen LogP contribution in [0.4, 0.5) is 0 Å². The smallest absolute Gasteiger partial charge is 0.338 e. The number of aromatic nitrogens is 1. The second-order valence-electron chi connectivity index (χ2n) is 4.74. The number of carbonyl (C=O) groups is 2. The highest BCUT2D eigenvalue weighted by Gasteiger charge is 2.36. The number of likely N-dealkylation sites (N-methyl/N-ethyl adjacent to an activating group) is 1. The molecule has 1 unspecified atom stereocenters. The molecule has 0 bridgehead atoms. The Morgan fingerprint density at radius 3 is 2.68 bits per heavy atom. The zero-order chi connectivity index (χ0) is 14.2. The Balaban J connectivity index is 2.51. The van der Waals surface area contributed by atoms with Crippen molar-refractivity contribution in [1.82, 2.24) is 9.88 Å². The summed E-state index contributed by atoms with van der Waals surface area (Å²) in [6, 6.07) is 2.53. The molecular formula is C13H15N3O3. The normalized spacial score (nSPS) is 18.9. The first-order valence-electron chi connectivity index (χ1n) is 5.97. The number of amides is 1. The lowest BCUT2D eigenvalue weighted by atomic mass is 10.1. The molecule has 1 aliphatic heterocycles. The minimum atomic E-state index is -1.08. The van der Waals surface area contributed by atoms with E-state index in [4.69, 9.17) is 5.11 Å². The number of carboxylic acid groups (broad SMARTS) is 1. The van der Waals surface area contributed by atoms with Gasteiger partial charge < -0.3 is 5.11 Å². The van der Waals surface area contributed by atoms with Gasteiger partial charge in [0.15, 0.2) is 5.84 Å². The van der Waals surface area contributed by atoms with Crippen LogP contribution in [0.2, 0.25) is 0 Å². The number of aliphatic imine (C=N–C) groups is 1. The molecule has 2 heterocycles. The Bertz CT molecular complexity index is 566. The summed E-state index contributed by atoms with van der Waals surface area (Å²) >= 11 is 0. The fourth-order valence-electron chi connectivity index (χ4n) is 1.99. The van der Waals surface area contributed by atoms with E-state index in [0.29, 0.717) is 5.84 Å². The largest absolute Gasteiger partial charge is 0.478 e. The highest BCUT2D eigenvalue weighted by Crippen LogP contribution is 2.21. The van der Waals surface area contributed by atoms with E-state index in [1.54, 1.807) is 13.1 Å². The van der Waals surface area contributed by atoms with Crippen LogP contribution in [0.25, 0.3) is 0 Å². The average molecular weight is 261 g/mol. The van der Waals surface area contributed by atoms with Gasteiger partial charge in [0.2, 0.25) is 0 Å². The lowest BCUT2D eigenvalue weighted by Gasteiger charge is -2.14. The van der Waals surface area contributed by atoms with Gasteiger partial charge in [-0.25, -0.2) is 4.79 Å². The second kappa shape index (κ2) is 4.79. The lowest BCUT2D eigenvalue weighted by molar-refractivity contribution is -0.127. The fourth-order valence-corrected chi connectivity index (χ4v) is 1.99. The predicted molar refractivity (Wildman–Crippen MR) is 69.1 cm³/mol. The maximum Gasteiger partial charge on any atom is 0.338 e. The predicted octanol–water partition coefficient (Wildman–Crippen LogP) is 1.02. The first-order chi connectivity index (χ1) is 8.93. The van der Waals surface area contributed by atoms with E-state index in [9.17, 15) is 9.59 Å². The van der Waals surface area contributed by atoms with Crippen LogP contribution in [-0.4, -0.2) is 45.8 Å². The van der Waals surface area contributed by atoms with E-state index >= 15 is 0 Å². The highest BCUT2D eigenvalue weighted by molar-refractivity contribution is 6.15. The molecule has 0 saturated carbocycles. The minimum Gasteiger partial charge on any atom is -0.478 e. The van der Waals surface area contributed by atoms with Crippen LogP contribution in [-0.2, 0) is 4.79 Å². The zero-order valence-corrected chi connectivity index (χ0v) is 11.0. The molecule has 0 aliphatic carbocycles. The Hall–Kier alpha value is -2.24. The number of amidine groups is 1. The summed E-state index contributed by atoms with van der Waals surface area (Å²) in [5, 5.41) is 9.15. The fraction of sp³-hybridized carbons (Fsp3) is 0.385. The van der Waals surface area contributed by atoms with Crippen molar-refractivity contribution in [3.63, 3.8) is 0 Å². The van der Waals surface area contributed by atoms with Crippen LogP contribution in [0.5, 0.6) is 0 Å². The number of carbonyl (C=O) groups excluding carboxylic acids is 1. The van der Waals surface area contributed by atoms with Crippen molar-refractivity contribution in [3.8, 4) is 0 Å². The van der Waals surface area contributed by atoms with Crippen molar-refractivity contribution < 1.29 is 14.7 Å². The molecule has 0 saturated heterocycles. The second-order valence-corrected chi connectivity index (χ2v) is 4.74. The van der Waals surface area contributed by atoms with Gasteiger partial charge >= 0.3 is 5.97 Å². The Labute approximate surface area is 110 Å². The van der Waals surface area contributed by atoms with Crippen LogP contribution in [0, 0.1) is 5.92 Å². The highest BCUT2D eigenvalue weighted by atomic mass is 16.4. The third kappa shape index (κ3) is 2.21. The van der Waals surface area contributed by atoms with Gasteiger partial charge in [0, 0.05) is 13.2 Å². The first-order valence-corrected chi connectivity index (χ1v) is 5.97. The summed E-state index contributed by atoms with van der Waals surface area (Å²) in [7, 11) is 1.59. The zero-order valence-electron chi connectivity index (χ0n) is 11.0. The van der Waals surface area contributed by atoms with Gasteiger partial charge in [0.05, 0.1) is 5.56 Å². The molecule has 1 aromatic rings. The van der Waals surface area contributed by atoms with Gasteiger partial charge in [0.1, 0.15) is 11.7 Å². The van der Waals surface area contributed by atoms with Crippen molar-refractivity contribution in [2.45, 2.75) is 19.9 Å². The summed E-state index contributed by atoms with van der Waals surface area (Å²) in [4.78, 5) is 33.0. The van der Waals surface area contributed by atoms with Crippen molar-refractivity contribution in [1.29, 1.82) is 0 Å². The summed E-state index contributed by atoms with van der Waals surface area (Å²) in [6.45, 7) is 3.80. The van der Waals surface area contributed by atoms with E-state index in [2.05, 4.69) is 9.98 Å². The van der Waals surface area contributed by atoms with E-state index < -0.39 is 12.0 Å². The monoisotopic (exact) mass is 261 g/mol. The van der Waals surface area contributed by atoms with Crippen LogP contribution in [0.1, 0.15) is 29.9 Å². The quantitative estimate of drug-likeness (QED) is 0.880. The van der Waals surface area contributed by atoms with Crippen molar-refractivity contribution in [3.05, 3.63) is 29.6 Å². The van der Waals surface area contributed by atoms with E-state index in [1.807, 2.05) is 13.8 Å². The van der Waals surface area contributed by atoms with Crippen molar-refractivity contribution in [2.24, 2.45) is 10.9 Å². The van der Waals surface area contributed by atoms with Crippen LogP contribution < -0.4 is 0 Å². The van der Waals surface area contributed by atoms with Gasteiger partial charge in [0.25, 0.3) is 5.91 Å². The summed E-state index contributed by atoms with van der Waals surface area (Å²) in [5.41, 5.74) is 0.277. The molecule has 0 spiro atoms. The Kier molecular flexibility index (Phi) is 3.33. The molecule has 100 valence electrons. The van der Waals surface area contributed by atoms with E-state index in [0.717, 1.165) is 0 Å². The molecular weight excluding hydrogens is 246 g/mol. The van der Waals surface area contributed by atoms with Crippen LogP contribution in [0.3, 0.4) is 0 Å². The lowest BCUT2D eigenvalue weighted by Crippen LogP contribution is -2.34. The number of hydrogen-bond acceptors (Lipinski definition) is 4. The third-order valence-electron chi connectivity index (χ3n) is 3.04. The Morgan fingerprint density at radius 2 is 2.16 bits per heavy atom. The molecule has 1 amide bonds. The van der Waals surface area contributed by atoms with Crippen LogP contribution in [0.15, 0.2) is 23.3 Å². The summed E-state index contributed by atoms with van der Waals surface area (Å²) < 4.78 is 0. The summed E-state index contributed by atoms with van der Waals surface area (Å²) in [5.74, 6) is -0.835. The SMILES string of the molecule is CC(C)C1N=C(c2ncccc2C(=O)O)N(C)C1=O. The standard InChI is InChI=1S/C13H15N3O3/c1-7(2)9-12(17)16(3)11(15-9)10-8(13(18)19)5-4-6-14-10/h4-7,9H,1-3H3,(H,18,19). The number of pyridine rings is 1. The molecule has 6 nitrogen and oxygen atoms in total. The number of hydrogen-bond donors (Lipinski definition) is 1. The molecule has 0 fully saturated rings. The third-order valence-corrected chi connectivity index (χ3v) is 3.04. The molecule has 1 atom stereocenters.